The molecule has 0 spiro atoms. The van der Waals surface area contributed by atoms with Crippen molar-refractivity contribution in [3.8, 4) is 21.7 Å². The van der Waals surface area contributed by atoms with Crippen LogP contribution in [-0.4, -0.2) is 9.97 Å². The van der Waals surface area contributed by atoms with Gasteiger partial charge in [0.25, 0.3) is 0 Å². The van der Waals surface area contributed by atoms with Gasteiger partial charge in [-0.2, -0.15) is 0 Å². The van der Waals surface area contributed by atoms with E-state index in [-0.39, 0.29) is 5.41 Å². The van der Waals surface area contributed by atoms with Gasteiger partial charge in [0, 0.05) is 10.4 Å². The van der Waals surface area contributed by atoms with Gasteiger partial charge < -0.3 is 0 Å². The molecule has 1 fully saturated rings. The summed E-state index contributed by atoms with van der Waals surface area (Å²) in [6, 6.07) is 20.5. The molecule has 0 unspecified atom stereocenters. The highest BCUT2D eigenvalue weighted by atomic mass is 32.1. The fourth-order valence-electron chi connectivity index (χ4n) is 6.21. The van der Waals surface area contributed by atoms with Gasteiger partial charge in [-0.1, -0.05) is 88.9 Å². The summed E-state index contributed by atoms with van der Waals surface area (Å²) in [4.78, 5) is 10.9. The second kappa shape index (κ2) is 9.36. The Bertz CT molecular complexity index is 1610. The first-order valence-corrected chi connectivity index (χ1v) is 14.5. The first-order chi connectivity index (χ1) is 17.8. The van der Waals surface area contributed by atoms with Crippen molar-refractivity contribution >= 4 is 32.3 Å². The Hall–Kier alpha value is -3.04. The van der Waals surface area contributed by atoms with Crippen LogP contribution in [0.15, 0.2) is 60.9 Å². The molecule has 1 aliphatic rings. The lowest BCUT2D eigenvalue weighted by atomic mass is 9.82. The summed E-state index contributed by atoms with van der Waals surface area (Å²) in [7, 11) is 0. The van der Waals surface area contributed by atoms with Gasteiger partial charge >= 0.3 is 0 Å². The van der Waals surface area contributed by atoms with Crippen LogP contribution in [0.4, 0.5) is 0 Å². The number of nitrogens with zero attached hydrogens (tertiary/aromatic N) is 2. The molecular weight excluding hydrogens is 468 g/mol. The number of thiophene rings is 1. The minimum Gasteiger partial charge on any atom is -0.235 e. The monoisotopic (exact) mass is 504 g/mol. The number of aromatic nitrogens is 2. The SMILES string of the molecule is Cc1cc(CC2CCCC2)ccc1-c1sc2c(-c3cc(C(C)(C)C)c4ccccc4c3)ncnc2c1C. The molecule has 3 heteroatoms. The molecule has 0 atom stereocenters. The predicted molar refractivity (Wildman–Crippen MR) is 160 cm³/mol. The van der Waals surface area contributed by atoms with Crippen LogP contribution in [0.3, 0.4) is 0 Å². The fraction of sp³-hybridized carbons (Fsp3) is 0.353. The molecular formula is C34H36N2S. The third-order valence-corrected chi connectivity index (χ3v) is 9.50. The van der Waals surface area contributed by atoms with E-state index in [0.717, 1.165) is 17.1 Å². The normalized spacial score (nSPS) is 14.7. The largest absolute Gasteiger partial charge is 0.235 e. The first kappa shape index (κ1) is 24.3. The lowest BCUT2D eigenvalue weighted by Crippen LogP contribution is -2.12. The lowest BCUT2D eigenvalue weighted by Gasteiger charge is -2.22. The molecule has 0 N–H and O–H groups in total. The zero-order chi connectivity index (χ0) is 25.7. The van der Waals surface area contributed by atoms with E-state index in [1.54, 1.807) is 6.33 Å². The second-order valence-corrected chi connectivity index (χ2v) is 13.0. The van der Waals surface area contributed by atoms with E-state index >= 15 is 0 Å². The van der Waals surface area contributed by atoms with Crippen LogP contribution in [0.5, 0.6) is 0 Å². The minimum absolute atomic E-state index is 0.0373. The van der Waals surface area contributed by atoms with Crippen LogP contribution in [0.25, 0.3) is 42.7 Å². The zero-order valence-corrected chi connectivity index (χ0v) is 23.5. The van der Waals surface area contributed by atoms with Gasteiger partial charge in [0.05, 0.1) is 15.9 Å². The summed E-state index contributed by atoms with van der Waals surface area (Å²) in [5.74, 6) is 0.870. The molecule has 3 aromatic carbocycles. The lowest BCUT2D eigenvalue weighted by molar-refractivity contribution is 0.546. The number of benzene rings is 3. The third-order valence-electron chi connectivity index (χ3n) is 8.18. The number of fused-ring (bicyclic) bond motifs is 2. The van der Waals surface area contributed by atoms with Crippen molar-refractivity contribution in [3.05, 3.63) is 83.2 Å². The predicted octanol–water partition coefficient (Wildman–Crippen LogP) is 9.83. The molecule has 188 valence electrons. The minimum atomic E-state index is 0.0373. The number of rotatable bonds is 4. The van der Waals surface area contributed by atoms with Gasteiger partial charge in [-0.3, -0.25) is 0 Å². The molecule has 2 heterocycles. The topological polar surface area (TPSA) is 25.8 Å². The molecule has 1 aliphatic carbocycles. The molecule has 5 aromatic rings. The summed E-state index contributed by atoms with van der Waals surface area (Å²) >= 11 is 1.85. The van der Waals surface area contributed by atoms with Gasteiger partial charge in [0.15, 0.2) is 0 Å². The molecule has 0 saturated heterocycles. The van der Waals surface area contributed by atoms with E-state index in [1.165, 1.54) is 85.8 Å². The van der Waals surface area contributed by atoms with Crippen LogP contribution in [-0.2, 0) is 11.8 Å². The number of aryl methyl sites for hydroxylation is 2. The van der Waals surface area contributed by atoms with Gasteiger partial charge in [0.2, 0.25) is 0 Å². The molecule has 0 amide bonds. The summed E-state index contributed by atoms with van der Waals surface area (Å²) in [6.45, 7) is 11.4. The highest BCUT2D eigenvalue weighted by molar-refractivity contribution is 7.23. The maximum Gasteiger partial charge on any atom is 0.116 e. The van der Waals surface area contributed by atoms with Crippen LogP contribution in [0.1, 0.15) is 68.7 Å². The Morgan fingerprint density at radius 1 is 0.919 bits per heavy atom. The summed E-state index contributed by atoms with van der Waals surface area (Å²) in [5, 5.41) is 2.58. The Balaban J connectivity index is 1.46. The van der Waals surface area contributed by atoms with Crippen molar-refractivity contribution in [2.45, 2.75) is 72.1 Å². The summed E-state index contributed by atoms with van der Waals surface area (Å²) in [6.07, 6.45) is 8.55. The van der Waals surface area contributed by atoms with E-state index in [4.69, 9.17) is 9.97 Å². The highest BCUT2D eigenvalue weighted by Crippen LogP contribution is 2.43. The van der Waals surface area contributed by atoms with Crippen molar-refractivity contribution < 1.29 is 0 Å². The van der Waals surface area contributed by atoms with Gasteiger partial charge in [0.1, 0.15) is 6.33 Å². The molecule has 0 radical (unpaired) electrons. The average molecular weight is 505 g/mol. The van der Waals surface area contributed by atoms with Crippen molar-refractivity contribution in [1.82, 2.24) is 9.97 Å². The van der Waals surface area contributed by atoms with Gasteiger partial charge in [-0.05, 0) is 82.3 Å². The van der Waals surface area contributed by atoms with Gasteiger partial charge in [-0.15, -0.1) is 11.3 Å². The maximum absolute atomic E-state index is 4.85. The summed E-state index contributed by atoms with van der Waals surface area (Å²) in [5.41, 5.74) is 10.1. The van der Waals surface area contributed by atoms with Crippen LogP contribution < -0.4 is 0 Å². The zero-order valence-electron chi connectivity index (χ0n) is 22.7. The molecule has 2 aromatic heterocycles. The van der Waals surface area contributed by atoms with Crippen molar-refractivity contribution in [2.24, 2.45) is 5.92 Å². The smallest absolute Gasteiger partial charge is 0.116 e. The maximum atomic E-state index is 4.85. The standard InChI is InChI=1S/C34H36N2S/c1-21-16-24(17-23-10-6-7-11-23)14-15-27(21)32-22(2)30-33(37-32)31(36-20-35-30)26-18-25-12-8-9-13-28(25)29(19-26)34(3,4)5/h8-9,12-16,18-20,23H,6-7,10-11,17H2,1-5H3. The fourth-order valence-corrected chi connectivity index (χ4v) is 7.57. The third kappa shape index (κ3) is 4.48. The van der Waals surface area contributed by atoms with Crippen LogP contribution >= 0.6 is 11.3 Å². The summed E-state index contributed by atoms with van der Waals surface area (Å²) < 4.78 is 1.18. The number of hydrogen-bond acceptors (Lipinski definition) is 3. The Morgan fingerprint density at radius 2 is 1.70 bits per heavy atom. The Morgan fingerprint density at radius 3 is 2.46 bits per heavy atom. The number of hydrogen-bond donors (Lipinski definition) is 0. The van der Waals surface area contributed by atoms with Gasteiger partial charge in [-0.25, -0.2) is 9.97 Å². The molecule has 0 aliphatic heterocycles. The van der Waals surface area contributed by atoms with E-state index in [2.05, 4.69) is 89.2 Å². The van der Waals surface area contributed by atoms with Crippen LogP contribution in [0.2, 0.25) is 0 Å². The van der Waals surface area contributed by atoms with E-state index in [1.807, 2.05) is 11.3 Å². The van der Waals surface area contributed by atoms with E-state index < -0.39 is 0 Å². The Kier molecular flexibility index (Phi) is 6.15. The van der Waals surface area contributed by atoms with Crippen molar-refractivity contribution in [1.29, 1.82) is 0 Å². The molecule has 0 bridgehead atoms. The quantitative estimate of drug-likeness (QED) is 0.243. The van der Waals surface area contributed by atoms with Crippen molar-refractivity contribution in [2.75, 3.05) is 0 Å². The first-order valence-electron chi connectivity index (χ1n) is 13.7. The Labute approximate surface area is 224 Å². The van der Waals surface area contributed by atoms with E-state index in [9.17, 15) is 0 Å². The van der Waals surface area contributed by atoms with Crippen molar-refractivity contribution in [3.63, 3.8) is 0 Å². The molecule has 6 rings (SSSR count). The molecule has 1 saturated carbocycles. The van der Waals surface area contributed by atoms with E-state index in [0.29, 0.717) is 0 Å². The highest BCUT2D eigenvalue weighted by Gasteiger charge is 2.22. The molecule has 2 nitrogen and oxygen atoms in total. The average Bonchev–Trinajstić information content (AvgIpc) is 3.50. The second-order valence-electron chi connectivity index (χ2n) is 12.0. The van der Waals surface area contributed by atoms with Crippen LogP contribution in [0, 0.1) is 19.8 Å². The molecule has 37 heavy (non-hydrogen) atoms.